The molecule has 0 radical (unpaired) electrons. The van der Waals surface area contributed by atoms with E-state index in [9.17, 15) is 0 Å². The van der Waals surface area contributed by atoms with Crippen LogP contribution < -0.4 is 9.64 Å². The van der Waals surface area contributed by atoms with Gasteiger partial charge in [0.05, 0.1) is 12.5 Å². The van der Waals surface area contributed by atoms with Gasteiger partial charge in [-0.25, -0.2) is 9.97 Å². The summed E-state index contributed by atoms with van der Waals surface area (Å²) in [6, 6.07) is 8.91. The Kier molecular flexibility index (Phi) is 3.88. The number of methoxy groups -OCH3 is 1. The van der Waals surface area contributed by atoms with Crippen LogP contribution in [0.25, 0.3) is 10.2 Å². The molecule has 0 bridgehead atoms. The van der Waals surface area contributed by atoms with Crippen molar-refractivity contribution < 1.29 is 4.74 Å². The highest BCUT2D eigenvalue weighted by Crippen LogP contribution is 2.39. The molecule has 3 aromatic rings. The van der Waals surface area contributed by atoms with Crippen LogP contribution >= 0.6 is 11.3 Å². The molecule has 0 aliphatic heterocycles. The molecular weight excluding hydrogens is 318 g/mol. The molecule has 0 unspecified atom stereocenters. The standard InChI is InChI=1S/C19H21N3OS/c1-12-13(2)24-19-17(12)18(20-11-21-19)22(15-6-7-15)10-14-4-8-16(23-3)9-5-14/h4-5,8-9,11,15H,6-7,10H2,1-3H3. The van der Waals surface area contributed by atoms with Crippen molar-refractivity contribution in [2.24, 2.45) is 0 Å². The van der Waals surface area contributed by atoms with Crippen LogP contribution in [0, 0.1) is 13.8 Å². The zero-order valence-electron chi connectivity index (χ0n) is 14.2. The zero-order valence-corrected chi connectivity index (χ0v) is 15.1. The van der Waals surface area contributed by atoms with Crippen molar-refractivity contribution >= 4 is 27.4 Å². The largest absolute Gasteiger partial charge is 0.497 e. The van der Waals surface area contributed by atoms with Gasteiger partial charge in [-0.1, -0.05) is 12.1 Å². The minimum atomic E-state index is 0.588. The van der Waals surface area contributed by atoms with Crippen LogP contribution in [-0.2, 0) is 6.54 Å². The van der Waals surface area contributed by atoms with Gasteiger partial charge in [0.2, 0.25) is 0 Å². The summed E-state index contributed by atoms with van der Waals surface area (Å²) in [7, 11) is 1.70. The lowest BCUT2D eigenvalue weighted by molar-refractivity contribution is 0.414. The molecule has 1 aromatic carbocycles. The third-order valence-electron chi connectivity index (χ3n) is 4.72. The summed E-state index contributed by atoms with van der Waals surface area (Å²) in [5.41, 5.74) is 2.59. The number of ether oxygens (including phenoxy) is 1. The van der Waals surface area contributed by atoms with Crippen LogP contribution in [0.2, 0.25) is 0 Å². The number of aromatic nitrogens is 2. The fourth-order valence-corrected chi connectivity index (χ4v) is 4.06. The fourth-order valence-electron chi connectivity index (χ4n) is 3.07. The molecule has 2 heterocycles. The number of aryl methyl sites for hydroxylation is 2. The predicted octanol–water partition coefficient (Wildman–Crippen LogP) is 4.49. The van der Waals surface area contributed by atoms with Crippen LogP contribution in [-0.4, -0.2) is 23.1 Å². The highest BCUT2D eigenvalue weighted by molar-refractivity contribution is 7.18. The molecule has 2 aromatic heterocycles. The molecule has 1 aliphatic rings. The Morgan fingerprint density at radius 2 is 1.92 bits per heavy atom. The van der Waals surface area contributed by atoms with Crippen molar-refractivity contribution in [2.75, 3.05) is 12.0 Å². The molecule has 124 valence electrons. The van der Waals surface area contributed by atoms with Crippen molar-refractivity contribution in [3.8, 4) is 5.75 Å². The maximum Gasteiger partial charge on any atom is 0.141 e. The Bertz CT molecular complexity index is 868. The number of hydrogen-bond donors (Lipinski definition) is 0. The van der Waals surface area contributed by atoms with Gasteiger partial charge in [0, 0.05) is 17.5 Å². The topological polar surface area (TPSA) is 38.2 Å². The summed E-state index contributed by atoms with van der Waals surface area (Å²) in [5.74, 6) is 1.98. The molecule has 0 saturated heterocycles. The first kappa shape index (κ1) is 15.4. The number of nitrogens with zero attached hydrogens (tertiary/aromatic N) is 3. The van der Waals surface area contributed by atoms with Crippen molar-refractivity contribution in [1.82, 2.24) is 9.97 Å². The van der Waals surface area contributed by atoms with Crippen molar-refractivity contribution in [1.29, 1.82) is 0 Å². The van der Waals surface area contributed by atoms with Gasteiger partial charge in [0.1, 0.15) is 22.7 Å². The minimum absolute atomic E-state index is 0.588. The number of benzene rings is 1. The molecule has 4 rings (SSSR count). The quantitative estimate of drug-likeness (QED) is 0.687. The highest BCUT2D eigenvalue weighted by Gasteiger charge is 2.32. The first-order valence-electron chi connectivity index (χ1n) is 8.27. The van der Waals surface area contributed by atoms with E-state index in [0.717, 1.165) is 22.9 Å². The number of rotatable bonds is 5. The third kappa shape index (κ3) is 2.73. The summed E-state index contributed by atoms with van der Waals surface area (Å²) < 4.78 is 5.26. The summed E-state index contributed by atoms with van der Waals surface area (Å²) >= 11 is 1.76. The third-order valence-corrected chi connectivity index (χ3v) is 5.83. The summed E-state index contributed by atoms with van der Waals surface area (Å²) in [5, 5.41) is 1.22. The minimum Gasteiger partial charge on any atom is -0.497 e. The SMILES string of the molecule is COc1ccc(CN(c2ncnc3sc(C)c(C)c23)C2CC2)cc1. The average Bonchev–Trinajstić information content (AvgIpc) is 3.40. The molecule has 5 heteroatoms. The van der Waals surface area contributed by atoms with E-state index < -0.39 is 0 Å². The lowest BCUT2D eigenvalue weighted by atomic mass is 10.1. The van der Waals surface area contributed by atoms with E-state index in [2.05, 4.69) is 40.8 Å². The van der Waals surface area contributed by atoms with Crippen molar-refractivity contribution in [2.45, 2.75) is 39.3 Å². The van der Waals surface area contributed by atoms with E-state index in [1.807, 2.05) is 12.1 Å². The van der Waals surface area contributed by atoms with Gasteiger partial charge in [-0.3, -0.25) is 0 Å². The van der Waals surface area contributed by atoms with Gasteiger partial charge in [0.25, 0.3) is 0 Å². The van der Waals surface area contributed by atoms with Gasteiger partial charge in [-0.15, -0.1) is 11.3 Å². The maximum absolute atomic E-state index is 5.26. The number of thiophene rings is 1. The molecule has 0 atom stereocenters. The van der Waals surface area contributed by atoms with E-state index in [-0.39, 0.29) is 0 Å². The molecule has 0 spiro atoms. The van der Waals surface area contributed by atoms with Crippen LogP contribution in [0.4, 0.5) is 5.82 Å². The Morgan fingerprint density at radius 3 is 2.58 bits per heavy atom. The molecule has 0 amide bonds. The predicted molar refractivity (Wildman–Crippen MR) is 99.1 cm³/mol. The van der Waals surface area contributed by atoms with Crippen molar-refractivity contribution in [3.05, 3.63) is 46.6 Å². The monoisotopic (exact) mass is 339 g/mol. The number of fused-ring (bicyclic) bond motifs is 1. The van der Waals surface area contributed by atoms with Gasteiger partial charge in [-0.05, 0) is 49.9 Å². The maximum atomic E-state index is 5.26. The fraction of sp³-hybridized carbons (Fsp3) is 0.368. The zero-order chi connectivity index (χ0) is 16.7. The molecule has 1 fully saturated rings. The Hall–Kier alpha value is -2.14. The van der Waals surface area contributed by atoms with E-state index in [1.54, 1.807) is 24.8 Å². The Labute approximate surface area is 146 Å². The smallest absolute Gasteiger partial charge is 0.141 e. The second-order valence-corrected chi connectivity index (χ2v) is 7.57. The van der Waals surface area contributed by atoms with Gasteiger partial charge < -0.3 is 9.64 Å². The molecule has 4 nitrogen and oxygen atoms in total. The summed E-state index contributed by atoms with van der Waals surface area (Å²) in [6.45, 7) is 5.21. The van der Waals surface area contributed by atoms with Crippen molar-refractivity contribution in [3.63, 3.8) is 0 Å². The van der Waals surface area contributed by atoms with Crippen LogP contribution in [0.5, 0.6) is 5.75 Å². The average molecular weight is 339 g/mol. The highest BCUT2D eigenvalue weighted by atomic mass is 32.1. The van der Waals surface area contributed by atoms with Crippen LogP contribution in [0.15, 0.2) is 30.6 Å². The normalized spacial score (nSPS) is 14.1. The van der Waals surface area contributed by atoms with E-state index in [1.165, 1.54) is 34.2 Å². The first-order chi connectivity index (χ1) is 11.7. The lowest BCUT2D eigenvalue weighted by Crippen LogP contribution is -2.26. The van der Waals surface area contributed by atoms with Crippen LogP contribution in [0.3, 0.4) is 0 Å². The second-order valence-electron chi connectivity index (χ2n) is 6.37. The van der Waals surface area contributed by atoms with E-state index >= 15 is 0 Å². The summed E-state index contributed by atoms with van der Waals surface area (Å²) in [6.07, 6.45) is 4.18. The summed E-state index contributed by atoms with van der Waals surface area (Å²) in [4.78, 5) is 14.0. The first-order valence-corrected chi connectivity index (χ1v) is 9.09. The molecular formula is C19H21N3OS. The Morgan fingerprint density at radius 1 is 1.17 bits per heavy atom. The molecule has 1 saturated carbocycles. The van der Waals surface area contributed by atoms with Gasteiger partial charge in [0.15, 0.2) is 0 Å². The number of hydrogen-bond acceptors (Lipinski definition) is 5. The number of anilines is 1. The van der Waals surface area contributed by atoms with E-state index in [0.29, 0.717) is 6.04 Å². The van der Waals surface area contributed by atoms with Crippen LogP contribution in [0.1, 0.15) is 28.8 Å². The van der Waals surface area contributed by atoms with E-state index in [4.69, 9.17) is 4.74 Å². The van der Waals surface area contributed by atoms with Gasteiger partial charge in [-0.2, -0.15) is 0 Å². The molecule has 1 aliphatic carbocycles. The van der Waals surface area contributed by atoms with Gasteiger partial charge >= 0.3 is 0 Å². The Balaban J connectivity index is 1.73. The lowest BCUT2D eigenvalue weighted by Gasteiger charge is -2.24. The second kappa shape index (κ2) is 6.06. The molecule has 0 N–H and O–H groups in total. The molecule has 24 heavy (non-hydrogen) atoms.